The van der Waals surface area contributed by atoms with Gasteiger partial charge in [-0.05, 0) is 7.05 Å². The number of hydrogen-bond acceptors (Lipinski definition) is 6. The molecule has 1 amide bonds. The van der Waals surface area contributed by atoms with Crippen molar-refractivity contribution in [3.8, 4) is 0 Å². The molecule has 2 aliphatic rings. The number of amides is 1. The molecule has 0 aromatic carbocycles. The molecule has 3 rings (SSSR count). The number of carbonyl (C=O) groups is 1. The lowest BCUT2D eigenvalue weighted by molar-refractivity contribution is 0.0298. The largest absolute Gasteiger partial charge is 0.378 e. The monoisotopic (exact) mass is 291 g/mol. The Balaban J connectivity index is 1.64. The molecule has 2 saturated heterocycles. The van der Waals surface area contributed by atoms with Crippen LogP contribution in [0.5, 0.6) is 0 Å². The van der Waals surface area contributed by atoms with Crippen LogP contribution in [0.2, 0.25) is 0 Å². The summed E-state index contributed by atoms with van der Waals surface area (Å²) in [6.45, 7) is 6.38. The molecule has 114 valence electrons. The van der Waals surface area contributed by atoms with Crippen LogP contribution < -0.4 is 4.90 Å². The van der Waals surface area contributed by atoms with E-state index in [9.17, 15) is 4.79 Å². The smallest absolute Gasteiger partial charge is 0.274 e. The van der Waals surface area contributed by atoms with Crippen molar-refractivity contribution in [2.75, 3.05) is 64.4 Å². The normalized spacial score (nSPS) is 20.6. The molecule has 1 aromatic heterocycles. The number of rotatable bonds is 2. The van der Waals surface area contributed by atoms with E-state index in [0.29, 0.717) is 32.0 Å². The molecule has 1 aromatic rings. The van der Waals surface area contributed by atoms with Crippen LogP contribution in [-0.4, -0.2) is 85.2 Å². The summed E-state index contributed by atoms with van der Waals surface area (Å²) in [4.78, 5) is 27.2. The number of carbonyl (C=O) groups excluding carboxylic acids is 1. The first kappa shape index (κ1) is 14.2. The van der Waals surface area contributed by atoms with Gasteiger partial charge in [-0.15, -0.1) is 0 Å². The first-order chi connectivity index (χ1) is 10.2. The highest BCUT2D eigenvalue weighted by Gasteiger charge is 2.21. The fourth-order valence-corrected chi connectivity index (χ4v) is 2.56. The maximum absolute atomic E-state index is 12.3. The molecule has 2 aliphatic heterocycles. The minimum absolute atomic E-state index is 0.0595. The average molecular weight is 291 g/mol. The van der Waals surface area contributed by atoms with Gasteiger partial charge in [0, 0.05) is 39.3 Å². The lowest BCUT2D eigenvalue weighted by atomic mass is 10.3. The van der Waals surface area contributed by atoms with Gasteiger partial charge >= 0.3 is 0 Å². The predicted octanol–water partition coefficient (Wildman–Crippen LogP) is -0.299. The predicted molar refractivity (Wildman–Crippen MR) is 78.5 cm³/mol. The zero-order valence-electron chi connectivity index (χ0n) is 12.4. The SMILES string of the molecule is CN1CCN(c2cnc(C(=O)N3CCOCC3)cn2)CC1. The fraction of sp³-hybridized carbons (Fsp3) is 0.643. The summed E-state index contributed by atoms with van der Waals surface area (Å²) in [6.07, 6.45) is 3.30. The standard InChI is InChI=1S/C14H21N5O2/c1-17-2-4-18(5-3-17)13-11-15-12(10-16-13)14(20)19-6-8-21-9-7-19/h10-11H,2-9H2,1H3. The van der Waals surface area contributed by atoms with Crippen molar-refractivity contribution in [3.63, 3.8) is 0 Å². The lowest BCUT2D eigenvalue weighted by Crippen LogP contribution is -2.45. The second-order valence-corrected chi connectivity index (χ2v) is 5.45. The van der Waals surface area contributed by atoms with Gasteiger partial charge in [0.25, 0.3) is 5.91 Å². The summed E-state index contributed by atoms with van der Waals surface area (Å²) in [6, 6.07) is 0. The summed E-state index contributed by atoms with van der Waals surface area (Å²) in [5.41, 5.74) is 0.412. The van der Waals surface area contributed by atoms with Crippen LogP contribution in [0.15, 0.2) is 12.4 Å². The number of ether oxygens (including phenoxy) is 1. The van der Waals surface area contributed by atoms with Gasteiger partial charge in [0.2, 0.25) is 0 Å². The number of piperazine rings is 1. The van der Waals surface area contributed by atoms with Gasteiger partial charge in [-0.2, -0.15) is 0 Å². The van der Waals surface area contributed by atoms with E-state index < -0.39 is 0 Å². The molecule has 21 heavy (non-hydrogen) atoms. The molecule has 0 bridgehead atoms. The minimum Gasteiger partial charge on any atom is -0.378 e. The molecule has 0 spiro atoms. The quantitative estimate of drug-likeness (QED) is 0.745. The van der Waals surface area contributed by atoms with Crippen molar-refractivity contribution in [2.45, 2.75) is 0 Å². The van der Waals surface area contributed by atoms with E-state index in [1.807, 2.05) is 0 Å². The molecule has 7 heteroatoms. The third-order valence-electron chi connectivity index (χ3n) is 3.98. The lowest BCUT2D eigenvalue weighted by Gasteiger charge is -2.33. The van der Waals surface area contributed by atoms with E-state index in [4.69, 9.17) is 4.74 Å². The summed E-state index contributed by atoms with van der Waals surface area (Å²) in [5, 5.41) is 0. The highest BCUT2D eigenvalue weighted by Crippen LogP contribution is 2.12. The van der Waals surface area contributed by atoms with Gasteiger partial charge in [0.1, 0.15) is 11.5 Å². The highest BCUT2D eigenvalue weighted by molar-refractivity contribution is 5.92. The zero-order valence-corrected chi connectivity index (χ0v) is 12.4. The van der Waals surface area contributed by atoms with Crippen LogP contribution in [0.25, 0.3) is 0 Å². The van der Waals surface area contributed by atoms with Crippen molar-refractivity contribution in [2.24, 2.45) is 0 Å². The zero-order chi connectivity index (χ0) is 14.7. The topological polar surface area (TPSA) is 61.8 Å². The number of aromatic nitrogens is 2. The Morgan fingerprint density at radius 2 is 1.76 bits per heavy atom. The Kier molecular flexibility index (Phi) is 4.31. The second-order valence-electron chi connectivity index (χ2n) is 5.45. The highest BCUT2D eigenvalue weighted by atomic mass is 16.5. The summed E-state index contributed by atoms with van der Waals surface area (Å²) >= 11 is 0. The molecule has 3 heterocycles. The van der Waals surface area contributed by atoms with Crippen LogP contribution in [0.4, 0.5) is 5.82 Å². The molecule has 0 N–H and O–H groups in total. The molecule has 0 unspecified atom stereocenters. The van der Waals surface area contributed by atoms with Crippen LogP contribution in [0.1, 0.15) is 10.5 Å². The van der Waals surface area contributed by atoms with Crippen molar-refractivity contribution in [1.29, 1.82) is 0 Å². The Morgan fingerprint density at radius 1 is 1.05 bits per heavy atom. The Labute approximate surface area is 124 Å². The van der Waals surface area contributed by atoms with Crippen LogP contribution in [-0.2, 0) is 4.74 Å². The van der Waals surface area contributed by atoms with Gasteiger partial charge in [0.15, 0.2) is 0 Å². The van der Waals surface area contributed by atoms with Crippen molar-refractivity contribution in [1.82, 2.24) is 19.8 Å². The van der Waals surface area contributed by atoms with Crippen LogP contribution in [0.3, 0.4) is 0 Å². The molecule has 7 nitrogen and oxygen atoms in total. The summed E-state index contributed by atoms with van der Waals surface area (Å²) in [7, 11) is 2.12. The molecular formula is C14H21N5O2. The van der Waals surface area contributed by atoms with E-state index >= 15 is 0 Å². The molecule has 2 fully saturated rings. The summed E-state index contributed by atoms with van der Waals surface area (Å²) in [5.74, 6) is 0.789. The molecule has 0 aliphatic carbocycles. The number of hydrogen-bond donors (Lipinski definition) is 0. The third-order valence-corrected chi connectivity index (χ3v) is 3.98. The number of likely N-dealkylation sites (N-methyl/N-ethyl adjacent to an activating group) is 1. The number of anilines is 1. The number of nitrogens with zero attached hydrogens (tertiary/aromatic N) is 5. The molecule has 0 radical (unpaired) electrons. The van der Waals surface area contributed by atoms with E-state index in [2.05, 4.69) is 26.8 Å². The van der Waals surface area contributed by atoms with Crippen LogP contribution >= 0.6 is 0 Å². The summed E-state index contributed by atoms with van der Waals surface area (Å²) < 4.78 is 5.25. The van der Waals surface area contributed by atoms with Crippen LogP contribution in [0, 0.1) is 0 Å². The van der Waals surface area contributed by atoms with E-state index in [0.717, 1.165) is 32.0 Å². The Bertz CT molecular complexity index is 479. The Morgan fingerprint density at radius 3 is 2.38 bits per heavy atom. The maximum Gasteiger partial charge on any atom is 0.274 e. The van der Waals surface area contributed by atoms with Gasteiger partial charge in [-0.25, -0.2) is 9.97 Å². The van der Waals surface area contributed by atoms with Gasteiger partial charge in [0.05, 0.1) is 25.6 Å². The van der Waals surface area contributed by atoms with E-state index in [1.54, 1.807) is 17.3 Å². The van der Waals surface area contributed by atoms with E-state index in [1.165, 1.54) is 0 Å². The molecule has 0 saturated carbocycles. The van der Waals surface area contributed by atoms with Gasteiger partial charge < -0.3 is 19.4 Å². The Hall–Kier alpha value is -1.73. The second kappa shape index (κ2) is 6.36. The maximum atomic E-state index is 12.3. The molecule has 0 atom stereocenters. The third kappa shape index (κ3) is 3.30. The first-order valence-corrected chi connectivity index (χ1v) is 7.36. The number of morpholine rings is 1. The van der Waals surface area contributed by atoms with E-state index in [-0.39, 0.29) is 5.91 Å². The van der Waals surface area contributed by atoms with Gasteiger partial charge in [-0.1, -0.05) is 0 Å². The van der Waals surface area contributed by atoms with Crippen molar-refractivity contribution < 1.29 is 9.53 Å². The first-order valence-electron chi connectivity index (χ1n) is 7.36. The van der Waals surface area contributed by atoms with Crippen molar-refractivity contribution in [3.05, 3.63) is 18.1 Å². The van der Waals surface area contributed by atoms with Crippen molar-refractivity contribution >= 4 is 11.7 Å². The average Bonchev–Trinajstić information content (AvgIpc) is 2.56. The minimum atomic E-state index is -0.0595. The van der Waals surface area contributed by atoms with Gasteiger partial charge in [-0.3, -0.25) is 4.79 Å². The fourth-order valence-electron chi connectivity index (χ4n) is 2.56. The molecular weight excluding hydrogens is 270 g/mol.